The maximum absolute atomic E-state index is 12.8. The Bertz CT molecular complexity index is 355. The van der Waals surface area contributed by atoms with E-state index in [9.17, 15) is 4.39 Å². The maximum atomic E-state index is 12.8. The van der Waals surface area contributed by atoms with Crippen LogP contribution in [0.15, 0.2) is 18.2 Å². The van der Waals surface area contributed by atoms with Crippen molar-refractivity contribution in [3.63, 3.8) is 0 Å². The maximum Gasteiger partial charge on any atom is 0.123 e. The second kappa shape index (κ2) is 4.61. The first-order chi connectivity index (χ1) is 6.67. The SMILES string of the molecule is CCC(C#N)Nc1ccc(F)cc1C. The molecule has 1 aromatic carbocycles. The van der Waals surface area contributed by atoms with Gasteiger partial charge in [-0.1, -0.05) is 6.92 Å². The summed E-state index contributed by atoms with van der Waals surface area (Å²) in [5.41, 5.74) is 1.64. The Balaban J connectivity index is 2.82. The lowest BCUT2D eigenvalue weighted by Gasteiger charge is -2.12. The number of rotatable bonds is 3. The number of halogens is 1. The third-order valence-corrected chi connectivity index (χ3v) is 2.08. The molecule has 0 radical (unpaired) electrons. The third kappa shape index (κ3) is 2.46. The summed E-state index contributed by atoms with van der Waals surface area (Å²) in [7, 11) is 0. The van der Waals surface area contributed by atoms with Crippen LogP contribution in [-0.4, -0.2) is 6.04 Å². The summed E-state index contributed by atoms with van der Waals surface area (Å²) in [6.07, 6.45) is 0.729. The van der Waals surface area contributed by atoms with Crippen molar-refractivity contribution in [1.29, 1.82) is 5.26 Å². The van der Waals surface area contributed by atoms with Crippen molar-refractivity contribution in [3.8, 4) is 6.07 Å². The first kappa shape index (κ1) is 10.5. The van der Waals surface area contributed by atoms with E-state index in [-0.39, 0.29) is 11.9 Å². The average molecular weight is 192 g/mol. The number of nitriles is 1. The van der Waals surface area contributed by atoms with Crippen molar-refractivity contribution in [2.45, 2.75) is 26.3 Å². The van der Waals surface area contributed by atoms with Gasteiger partial charge in [0.25, 0.3) is 0 Å². The summed E-state index contributed by atoms with van der Waals surface area (Å²) in [6.45, 7) is 3.75. The van der Waals surface area contributed by atoms with Gasteiger partial charge in [-0.25, -0.2) is 4.39 Å². The van der Waals surface area contributed by atoms with Gasteiger partial charge in [-0.3, -0.25) is 0 Å². The fourth-order valence-corrected chi connectivity index (χ4v) is 1.20. The fourth-order valence-electron chi connectivity index (χ4n) is 1.20. The molecule has 0 saturated carbocycles. The minimum Gasteiger partial charge on any atom is -0.370 e. The van der Waals surface area contributed by atoms with E-state index >= 15 is 0 Å². The van der Waals surface area contributed by atoms with Gasteiger partial charge in [-0.05, 0) is 37.1 Å². The van der Waals surface area contributed by atoms with Crippen LogP contribution in [0.5, 0.6) is 0 Å². The monoisotopic (exact) mass is 192 g/mol. The smallest absolute Gasteiger partial charge is 0.123 e. The highest BCUT2D eigenvalue weighted by Gasteiger charge is 2.05. The summed E-state index contributed by atoms with van der Waals surface area (Å²) in [4.78, 5) is 0. The molecule has 0 aromatic heterocycles. The van der Waals surface area contributed by atoms with E-state index in [1.807, 2.05) is 13.8 Å². The zero-order valence-electron chi connectivity index (χ0n) is 8.34. The molecule has 3 heteroatoms. The highest BCUT2D eigenvalue weighted by Crippen LogP contribution is 2.17. The van der Waals surface area contributed by atoms with E-state index in [1.165, 1.54) is 12.1 Å². The van der Waals surface area contributed by atoms with Gasteiger partial charge >= 0.3 is 0 Å². The molecule has 0 aliphatic heterocycles. The van der Waals surface area contributed by atoms with Gasteiger partial charge in [0.2, 0.25) is 0 Å². The van der Waals surface area contributed by atoms with Gasteiger partial charge in [-0.2, -0.15) is 5.26 Å². The van der Waals surface area contributed by atoms with Crippen LogP contribution in [0, 0.1) is 24.1 Å². The normalized spacial score (nSPS) is 11.9. The number of hydrogen-bond donors (Lipinski definition) is 1. The summed E-state index contributed by atoms with van der Waals surface area (Å²) in [5, 5.41) is 11.8. The molecule has 0 spiro atoms. The van der Waals surface area contributed by atoms with Gasteiger partial charge in [0.05, 0.1) is 6.07 Å². The van der Waals surface area contributed by atoms with E-state index < -0.39 is 0 Å². The highest BCUT2D eigenvalue weighted by molar-refractivity contribution is 5.52. The molecule has 74 valence electrons. The van der Waals surface area contributed by atoms with Crippen LogP contribution in [0.3, 0.4) is 0 Å². The highest BCUT2D eigenvalue weighted by atomic mass is 19.1. The molecule has 1 unspecified atom stereocenters. The lowest BCUT2D eigenvalue weighted by atomic mass is 10.1. The summed E-state index contributed by atoms with van der Waals surface area (Å²) in [6, 6.07) is 6.42. The van der Waals surface area contributed by atoms with Crippen molar-refractivity contribution in [1.82, 2.24) is 0 Å². The molecular weight excluding hydrogens is 179 g/mol. The summed E-state index contributed by atoms with van der Waals surface area (Å²) < 4.78 is 12.8. The quantitative estimate of drug-likeness (QED) is 0.799. The first-order valence-corrected chi connectivity index (χ1v) is 4.59. The second-order valence-electron chi connectivity index (χ2n) is 3.19. The van der Waals surface area contributed by atoms with Gasteiger partial charge in [0, 0.05) is 5.69 Å². The predicted molar refractivity (Wildman–Crippen MR) is 54.5 cm³/mol. The molecule has 1 atom stereocenters. The zero-order valence-corrected chi connectivity index (χ0v) is 8.34. The molecule has 1 aromatic rings. The standard InChI is InChI=1S/C11H13FN2/c1-3-10(7-13)14-11-5-4-9(12)6-8(11)2/h4-6,10,14H,3H2,1-2H3. The largest absolute Gasteiger partial charge is 0.370 e. The zero-order chi connectivity index (χ0) is 10.6. The summed E-state index contributed by atoms with van der Waals surface area (Å²) >= 11 is 0. The van der Waals surface area contributed by atoms with E-state index in [2.05, 4.69) is 11.4 Å². The minimum atomic E-state index is -0.252. The number of nitrogens with zero attached hydrogens (tertiary/aromatic N) is 1. The number of aryl methyl sites for hydroxylation is 1. The molecule has 1 N–H and O–H groups in total. The summed E-state index contributed by atoms with van der Waals surface area (Å²) in [5.74, 6) is -0.252. The number of anilines is 1. The van der Waals surface area contributed by atoms with E-state index in [0.717, 1.165) is 17.7 Å². The number of nitrogens with one attached hydrogen (secondary N) is 1. The number of benzene rings is 1. The Morgan fingerprint density at radius 1 is 1.57 bits per heavy atom. The van der Waals surface area contributed by atoms with E-state index in [1.54, 1.807) is 6.07 Å². The van der Waals surface area contributed by atoms with Crippen LogP contribution in [0.1, 0.15) is 18.9 Å². The van der Waals surface area contributed by atoms with Crippen LogP contribution in [0.25, 0.3) is 0 Å². The predicted octanol–water partition coefficient (Wildman–Crippen LogP) is 2.85. The molecule has 0 aliphatic rings. The van der Waals surface area contributed by atoms with Crippen LogP contribution in [-0.2, 0) is 0 Å². The molecular formula is C11H13FN2. The minimum absolute atomic E-state index is 0.209. The molecule has 1 rings (SSSR count). The van der Waals surface area contributed by atoms with E-state index in [0.29, 0.717) is 0 Å². The molecule has 0 saturated heterocycles. The first-order valence-electron chi connectivity index (χ1n) is 4.59. The Morgan fingerprint density at radius 2 is 2.29 bits per heavy atom. The molecule has 14 heavy (non-hydrogen) atoms. The van der Waals surface area contributed by atoms with Crippen LogP contribution < -0.4 is 5.32 Å². The molecule has 0 heterocycles. The Kier molecular flexibility index (Phi) is 3.47. The van der Waals surface area contributed by atoms with Crippen LogP contribution in [0.2, 0.25) is 0 Å². The van der Waals surface area contributed by atoms with Gasteiger partial charge in [0.1, 0.15) is 11.9 Å². The van der Waals surface area contributed by atoms with Gasteiger partial charge in [0.15, 0.2) is 0 Å². The van der Waals surface area contributed by atoms with Crippen LogP contribution in [0.4, 0.5) is 10.1 Å². The lowest BCUT2D eigenvalue weighted by molar-refractivity contribution is 0.626. The second-order valence-corrected chi connectivity index (χ2v) is 3.19. The van der Waals surface area contributed by atoms with Gasteiger partial charge < -0.3 is 5.32 Å². The van der Waals surface area contributed by atoms with Crippen molar-refractivity contribution < 1.29 is 4.39 Å². The Morgan fingerprint density at radius 3 is 2.79 bits per heavy atom. The number of hydrogen-bond acceptors (Lipinski definition) is 2. The molecule has 0 fully saturated rings. The Labute approximate surface area is 83.4 Å². The Hall–Kier alpha value is -1.56. The van der Waals surface area contributed by atoms with Crippen molar-refractivity contribution in [2.75, 3.05) is 5.32 Å². The van der Waals surface area contributed by atoms with E-state index in [4.69, 9.17) is 5.26 Å². The average Bonchev–Trinajstić information content (AvgIpc) is 2.17. The van der Waals surface area contributed by atoms with Crippen LogP contribution >= 0.6 is 0 Å². The lowest BCUT2D eigenvalue weighted by Crippen LogP contribution is -2.16. The van der Waals surface area contributed by atoms with Crippen molar-refractivity contribution >= 4 is 5.69 Å². The third-order valence-electron chi connectivity index (χ3n) is 2.08. The molecule has 0 amide bonds. The molecule has 0 bridgehead atoms. The van der Waals surface area contributed by atoms with Crippen molar-refractivity contribution in [2.24, 2.45) is 0 Å². The topological polar surface area (TPSA) is 35.8 Å². The molecule has 2 nitrogen and oxygen atoms in total. The van der Waals surface area contributed by atoms with Crippen molar-refractivity contribution in [3.05, 3.63) is 29.6 Å². The fraction of sp³-hybridized carbons (Fsp3) is 0.364. The van der Waals surface area contributed by atoms with Gasteiger partial charge in [-0.15, -0.1) is 0 Å². The molecule has 0 aliphatic carbocycles.